The Balaban J connectivity index is 0.952. The van der Waals surface area contributed by atoms with E-state index in [0.717, 1.165) is 78.1 Å². The van der Waals surface area contributed by atoms with Gasteiger partial charge in [-0.25, -0.2) is 0 Å². The highest BCUT2D eigenvalue weighted by atomic mass is 16.3. The van der Waals surface area contributed by atoms with Crippen molar-refractivity contribution in [3.05, 3.63) is 255 Å². The van der Waals surface area contributed by atoms with Crippen LogP contribution in [-0.4, -0.2) is 13.7 Å². The molecule has 0 spiro atoms. The van der Waals surface area contributed by atoms with Crippen LogP contribution in [0.5, 0.6) is 0 Å². The first-order valence-corrected chi connectivity index (χ1v) is 24.3. The normalized spacial score (nSPS) is 11.9. The average Bonchev–Trinajstić information content (AvgIpc) is 4.18. The zero-order valence-electron chi connectivity index (χ0n) is 38.4. The van der Waals surface area contributed by atoms with Gasteiger partial charge in [0.2, 0.25) is 0 Å². The Morgan fingerprint density at radius 2 is 0.718 bits per heavy atom. The van der Waals surface area contributed by atoms with E-state index in [1.54, 1.807) is 0 Å². The van der Waals surface area contributed by atoms with E-state index in [9.17, 15) is 0 Å². The Morgan fingerprint density at radius 1 is 0.268 bits per heavy atom. The Bertz CT molecular complexity index is 4540. The standard InChI is InChI=1S/C66H42N4O/c1-4-16-43(17-5-1)44-28-30-47(31-29-44)67(45-18-6-2-7-19-45)48-32-34-49(35-33-48)68-57-25-13-10-23-54(57)63-59(68)39-37-52-53-38-40-60-64(66(53)70(65(52)63)46-20-8-3-9-21-46)55-24-11-14-26-58(55)69(60)50-36-41-62-56(42-50)51-22-12-15-27-61(51)71-62/h1-42H. The van der Waals surface area contributed by atoms with Crippen molar-refractivity contribution in [3.63, 3.8) is 0 Å². The van der Waals surface area contributed by atoms with Gasteiger partial charge in [0, 0.05) is 77.2 Å². The molecule has 15 rings (SSSR count). The van der Waals surface area contributed by atoms with Gasteiger partial charge in [-0.15, -0.1) is 0 Å². The van der Waals surface area contributed by atoms with Crippen molar-refractivity contribution in [1.29, 1.82) is 0 Å². The first-order chi connectivity index (χ1) is 35.2. The summed E-state index contributed by atoms with van der Waals surface area (Å²) in [5.74, 6) is 0. The molecular formula is C66H42N4O. The minimum Gasteiger partial charge on any atom is -0.456 e. The first kappa shape index (κ1) is 39.4. The average molecular weight is 907 g/mol. The van der Waals surface area contributed by atoms with Crippen molar-refractivity contribution in [2.75, 3.05) is 4.90 Å². The van der Waals surface area contributed by atoms with Crippen LogP contribution >= 0.6 is 0 Å². The number of rotatable bonds is 7. The van der Waals surface area contributed by atoms with Gasteiger partial charge in [-0.1, -0.05) is 146 Å². The molecule has 5 heteroatoms. The van der Waals surface area contributed by atoms with Crippen LogP contribution in [0.3, 0.4) is 0 Å². The summed E-state index contributed by atoms with van der Waals surface area (Å²) in [6.07, 6.45) is 0. The monoisotopic (exact) mass is 906 g/mol. The fourth-order valence-electron chi connectivity index (χ4n) is 11.5. The molecule has 0 unspecified atom stereocenters. The molecule has 0 atom stereocenters. The maximum absolute atomic E-state index is 6.30. The molecule has 71 heavy (non-hydrogen) atoms. The molecule has 0 radical (unpaired) electrons. The van der Waals surface area contributed by atoms with Crippen molar-refractivity contribution in [2.24, 2.45) is 0 Å². The molecule has 0 saturated carbocycles. The van der Waals surface area contributed by atoms with Crippen molar-refractivity contribution >= 4 is 104 Å². The molecule has 0 fully saturated rings. The van der Waals surface area contributed by atoms with Crippen LogP contribution in [0.1, 0.15) is 0 Å². The van der Waals surface area contributed by atoms with E-state index in [2.05, 4.69) is 261 Å². The SMILES string of the molecule is c1ccc(-c2ccc(N(c3ccccc3)c3ccc(-n4c5ccccc5c5c4ccc4c6ccc7c(c8ccccc8n7-c7ccc8oc9ccccc9c8c7)c6n(-c6ccccc6)c45)cc3)cc2)cc1. The van der Waals surface area contributed by atoms with Gasteiger partial charge in [0.05, 0.1) is 33.1 Å². The lowest BCUT2D eigenvalue weighted by Crippen LogP contribution is -2.10. The fourth-order valence-corrected chi connectivity index (χ4v) is 11.5. The number of furan rings is 1. The van der Waals surface area contributed by atoms with Crippen LogP contribution in [0.15, 0.2) is 259 Å². The summed E-state index contributed by atoms with van der Waals surface area (Å²) in [6, 6.07) is 92.1. The van der Waals surface area contributed by atoms with E-state index in [-0.39, 0.29) is 0 Å². The molecular weight excluding hydrogens is 865 g/mol. The second-order valence-corrected chi connectivity index (χ2v) is 18.5. The number of hydrogen-bond acceptors (Lipinski definition) is 2. The second kappa shape index (κ2) is 15.5. The predicted octanol–water partition coefficient (Wildman–Crippen LogP) is 18.0. The molecule has 11 aromatic carbocycles. The molecule has 4 heterocycles. The second-order valence-electron chi connectivity index (χ2n) is 18.5. The van der Waals surface area contributed by atoms with Crippen LogP contribution < -0.4 is 4.90 Å². The van der Waals surface area contributed by atoms with E-state index in [0.29, 0.717) is 0 Å². The Morgan fingerprint density at radius 3 is 1.35 bits per heavy atom. The summed E-state index contributed by atoms with van der Waals surface area (Å²) < 4.78 is 13.7. The summed E-state index contributed by atoms with van der Waals surface area (Å²) >= 11 is 0. The molecule has 0 N–H and O–H groups in total. The number of para-hydroxylation sites is 5. The van der Waals surface area contributed by atoms with Gasteiger partial charge in [0.1, 0.15) is 11.2 Å². The fraction of sp³-hybridized carbons (Fsp3) is 0. The number of nitrogens with zero attached hydrogens (tertiary/aromatic N) is 4. The quantitative estimate of drug-likeness (QED) is 0.160. The minimum atomic E-state index is 0.889. The number of fused-ring (bicyclic) bond motifs is 14. The summed E-state index contributed by atoms with van der Waals surface area (Å²) in [5.41, 5.74) is 17.8. The summed E-state index contributed by atoms with van der Waals surface area (Å²) in [6.45, 7) is 0. The van der Waals surface area contributed by atoms with Crippen LogP contribution in [0.25, 0.3) is 116 Å². The lowest BCUT2D eigenvalue weighted by atomic mass is 10.0. The van der Waals surface area contributed by atoms with E-state index >= 15 is 0 Å². The largest absolute Gasteiger partial charge is 0.456 e. The predicted molar refractivity (Wildman–Crippen MR) is 297 cm³/mol. The molecule has 0 saturated heterocycles. The molecule has 15 aromatic rings. The third-order valence-corrected chi connectivity index (χ3v) is 14.6. The number of benzene rings is 11. The molecule has 0 aliphatic carbocycles. The zero-order valence-corrected chi connectivity index (χ0v) is 38.4. The van der Waals surface area contributed by atoms with Crippen LogP contribution in [-0.2, 0) is 0 Å². The number of anilines is 3. The van der Waals surface area contributed by atoms with Crippen LogP contribution in [0.2, 0.25) is 0 Å². The third-order valence-electron chi connectivity index (χ3n) is 14.6. The molecule has 4 aromatic heterocycles. The Labute approximate surface area is 408 Å². The van der Waals surface area contributed by atoms with E-state index < -0.39 is 0 Å². The van der Waals surface area contributed by atoms with E-state index in [1.165, 1.54) is 54.5 Å². The first-order valence-electron chi connectivity index (χ1n) is 24.3. The maximum Gasteiger partial charge on any atom is 0.135 e. The van der Waals surface area contributed by atoms with Gasteiger partial charge in [-0.3, -0.25) is 0 Å². The van der Waals surface area contributed by atoms with Gasteiger partial charge in [0.25, 0.3) is 0 Å². The molecule has 0 bridgehead atoms. The van der Waals surface area contributed by atoms with Crippen molar-refractivity contribution < 1.29 is 4.42 Å². The number of aromatic nitrogens is 3. The van der Waals surface area contributed by atoms with Crippen molar-refractivity contribution in [3.8, 4) is 28.2 Å². The molecule has 5 nitrogen and oxygen atoms in total. The van der Waals surface area contributed by atoms with Gasteiger partial charge in [-0.05, 0) is 120 Å². The minimum absolute atomic E-state index is 0.889. The Kier molecular flexibility index (Phi) is 8.59. The summed E-state index contributed by atoms with van der Waals surface area (Å²) in [4.78, 5) is 2.34. The highest BCUT2D eigenvalue weighted by Crippen LogP contribution is 2.47. The topological polar surface area (TPSA) is 31.2 Å². The van der Waals surface area contributed by atoms with Gasteiger partial charge in [0.15, 0.2) is 0 Å². The maximum atomic E-state index is 6.30. The molecule has 332 valence electrons. The van der Waals surface area contributed by atoms with E-state index in [1.807, 2.05) is 12.1 Å². The third kappa shape index (κ3) is 5.93. The van der Waals surface area contributed by atoms with E-state index in [4.69, 9.17) is 4.42 Å². The highest BCUT2D eigenvalue weighted by Gasteiger charge is 2.25. The van der Waals surface area contributed by atoms with Crippen LogP contribution in [0, 0.1) is 0 Å². The Hall–Kier alpha value is -9.58. The zero-order chi connectivity index (χ0) is 46.6. The van der Waals surface area contributed by atoms with Crippen molar-refractivity contribution in [2.45, 2.75) is 0 Å². The van der Waals surface area contributed by atoms with Gasteiger partial charge < -0.3 is 23.0 Å². The smallest absolute Gasteiger partial charge is 0.135 e. The molecule has 0 amide bonds. The number of hydrogen-bond donors (Lipinski definition) is 0. The highest BCUT2D eigenvalue weighted by molar-refractivity contribution is 6.31. The summed E-state index contributed by atoms with van der Waals surface area (Å²) in [5, 5.41) is 9.53. The van der Waals surface area contributed by atoms with Gasteiger partial charge in [-0.2, -0.15) is 0 Å². The molecule has 0 aliphatic heterocycles. The lowest BCUT2D eigenvalue weighted by molar-refractivity contribution is 0.669. The lowest BCUT2D eigenvalue weighted by Gasteiger charge is -2.26. The molecule has 0 aliphatic rings. The van der Waals surface area contributed by atoms with Crippen molar-refractivity contribution in [1.82, 2.24) is 13.7 Å². The van der Waals surface area contributed by atoms with Gasteiger partial charge >= 0.3 is 0 Å². The summed E-state index contributed by atoms with van der Waals surface area (Å²) in [7, 11) is 0. The van der Waals surface area contributed by atoms with Crippen LogP contribution in [0.4, 0.5) is 17.1 Å².